The monoisotopic (exact) mass is 616 g/mol. The number of aromatic nitrogens is 1. The molecule has 0 bridgehead atoms. The number of nitrogens with zero attached hydrogens (tertiary/aromatic N) is 1. The standard InChI is InChI=1S/C24H15Br3N2O3/c25-15-5-3-4-14(10-15)22-12-18(17-6-1-2-7-20(17)28-22)24(31)32-13-23(30)29-21-9-8-16(26)11-19(21)27/h1-12H,13H2,(H,29,30). The lowest BCUT2D eigenvalue weighted by Crippen LogP contribution is -2.21. The van der Waals surface area contributed by atoms with Gasteiger partial charge in [0.15, 0.2) is 6.61 Å². The van der Waals surface area contributed by atoms with Crippen molar-refractivity contribution in [3.05, 3.63) is 91.8 Å². The molecule has 8 heteroatoms. The van der Waals surface area contributed by atoms with Crippen LogP contribution in [-0.2, 0) is 9.53 Å². The Bertz CT molecular complexity index is 1340. The first-order valence-electron chi connectivity index (χ1n) is 9.48. The third kappa shape index (κ3) is 5.26. The van der Waals surface area contributed by atoms with Gasteiger partial charge in [0.2, 0.25) is 0 Å². The molecule has 0 atom stereocenters. The minimum absolute atomic E-state index is 0.350. The number of ether oxygens (including phenoxy) is 1. The largest absolute Gasteiger partial charge is 0.452 e. The van der Waals surface area contributed by atoms with E-state index in [2.05, 4.69) is 58.1 Å². The van der Waals surface area contributed by atoms with Crippen molar-refractivity contribution in [2.24, 2.45) is 0 Å². The number of hydrogen-bond acceptors (Lipinski definition) is 4. The SMILES string of the molecule is O=C(COC(=O)c1cc(-c2cccc(Br)c2)nc2ccccc12)Nc1ccc(Br)cc1Br. The predicted octanol–water partition coefficient (Wildman–Crippen LogP) is 6.98. The van der Waals surface area contributed by atoms with Crippen molar-refractivity contribution >= 4 is 76.3 Å². The van der Waals surface area contributed by atoms with Crippen LogP contribution in [0.25, 0.3) is 22.2 Å². The van der Waals surface area contributed by atoms with Gasteiger partial charge in [-0.1, -0.05) is 62.2 Å². The van der Waals surface area contributed by atoms with Crippen LogP contribution in [0.2, 0.25) is 0 Å². The molecular formula is C24H15Br3N2O3. The minimum Gasteiger partial charge on any atom is -0.452 e. The van der Waals surface area contributed by atoms with Gasteiger partial charge in [0.25, 0.3) is 5.91 Å². The number of para-hydroxylation sites is 1. The van der Waals surface area contributed by atoms with Gasteiger partial charge in [-0.3, -0.25) is 4.79 Å². The molecule has 4 aromatic rings. The highest BCUT2D eigenvalue weighted by molar-refractivity contribution is 9.11. The number of fused-ring (bicyclic) bond motifs is 1. The van der Waals surface area contributed by atoms with Gasteiger partial charge in [0.1, 0.15) is 0 Å². The summed E-state index contributed by atoms with van der Waals surface area (Å²) in [6, 6.07) is 22.1. The van der Waals surface area contributed by atoms with Crippen molar-refractivity contribution < 1.29 is 14.3 Å². The summed E-state index contributed by atoms with van der Waals surface area (Å²) in [5.41, 5.74) is 3.10. The van der Waals surface area contributed by atoms with E-state index in [-0.39, 0.29) is 0 Å². The normalized spacial score (nSPS) is 10.7. The maximum atomic E-state index is 12.9. The number of anilines is 1. The molecule has 32 heavy (non-hydrogen) atoms. The van der Waals surface area contributed by atoms with Gasteiger partial charge in [-0.25, -0.2) is 9.78 Å². The van der Waals surface area contributed by atoms with E-state index >= 15 is 0 Å². The van der Waals surface area contributed by atoms with Crippen LogP contribution in [0.3, 0.4) is 0 Å². The fraction of sp³-hybridized carbons (Fsp3) is 0.0417. The van der Waals surface area contributed by atoms with Gasteiger partial charge in [0.05, 0.1) is 22.5 Å². The summed E-state index contributed by atoms with van der Waals surface area (Å²) in [6.45, 7) is -0.412. The second-order valence-corrected chi connectivity index (χ2v) is 9.52. The van der Waals surface area contributed by atoms with Crippen LogP contribution < -0.4 is 5.32 Å². The van der Waals surface area contributed by atoms with E-state index in [9.17, 15) is 9.59 Å². The molecule has 1 aromatic heterocycles. The number of rotatable bonds is 5. The van der Waals surface area contributed by atoms with Crippen LogP contribution in [0.1, 0.15) is 10.4 Å². The van der Waals surface area contributed by atoms with E-state index in [0.29, 0.717) is 32.3 Å². The third-order valence-electron chi connectivity index (χ3n) is 4.60. The van der Waals surface area contributed by atoms with E-state index < -0.39 is 18.5 Å². The Morgan fingerprint density at radius 1 is 0.875 bits per heavy atom. The van der Waals surface area contributed by atoms with Gasteiger partial charge in [-0.05, 0) is 58.4 Å². The molecule has 1 heterocycles. The Balaban J connectivity index is 1.57. The molecule has 0 saturated heterocycles. The van der Waals surface area contributed by atoms with Crippen molar-refractivity contribution in [1.82, 2.24) is 4.98 Å². The second kappa shape index (κ2) is 9.94. The van der Waals surface area contributed by atoms with Crippen molar-refractivity contribution in [3.8, 4) is 11.3 Å². The fourth-order valence-electron chi connectivity index (χ4n) is 3.13. The molecule has 0 aliphatic rings. The highest BCUT2D eigenvalue weighted by Gasteiger charge is 2.17. The van der Waals surface area contributed by atoms with E-state index in [0.717, 1.165) is 14.5 Å². The lowest BCUT2D eigenvalue weighted by atomic mass is 10.0. The Labute approximate surface area is 209 Å². The molecule has 0 saturated carbocycles. The van der Waals surface area contributed by atoms with Crippen molar-refractivity contribution in [1.29, 1.82) is 0 Å². The fourth-order valence-corrected chi connectivity index (χ4v) is 4.67. The first-order chi connectivity index (χ1) is 15.4. The average Bonchev–Trinajstić information content (AvgIpc) is 2.78. The maximum absolute atomic E-state index is 12.9. The summed E-state index contributed by atoms with van der Waals surface area (Å²) in [4.78, 5) is 29.9. The molecule has 5 nitrogen and oxygen atoms in total. The molecule has 4 rings (SSSR count). The van der Waals surface area contributed by atoms with Crippen LogP contribution in [0, 0.1) is 0 Å². The predicted molar refractivity (Wildman–Crippen MR) is 136 cm³/mol. The molecule has 0 aliphatic heterocycles. The molecule has 0 aliphatic carbocycles. The van der Waals surface area contributed by atoms with Crippen LogP contribution in [0.15, 0.2) is 86.2 Å². The molecular weight excluding hydrogens is 604 g/mol. The zero-order valence-electron chi connectivity index (χ0n) is 16.4. The number of carbonyl (C=O) groups excluding carboxylic acids is 2. The lowest BCUT2D eigenvalue weighted by molar-refractivity contribution is -0.119. The highest BCUT2D eigenvalue weighted by atomic mass is 79.9. The first-order valence-corrected chi connectivity index (χ1v) is 11.9. The Hall–Kier alpha value is -2.55. The van der Waals surface area contributed by atoms with Crippen LogP contribution >= 0.6 is 47.8 Å². The second-order valence-electron chi connectivity index (χ2n) is 6.83. The van der Waals surface area contributed by atoms with Crippen molar-refractivity contribution in [2.45, 2.75) is 0 Å². The molecule has 0 radical (unpaired) electrons. The average molecular weight is 619 g/mol. The molecule has 0 fully saturated rings. The van der Waals surface area contributed by atoms with Crippen LogP contribution in [0.4, 0.5) is 5.69 Å². The van der Waals surface area contributed by atoms with Crippen LogP contribution in [-0.4, -0.2) is 23.5 Å². The van der Waals surface area contributed by atoms with Crippen molar-refractivity contribution in [2.75, 3.05) is 11.9 Å². The molecule has 0 unspecified atom stereocenters. The van der Waals surface area contributed by atoms with Gasteiger partial charge >= 0.3 is 5.97 Å². The number of carbonyl (C=O) groups is 2. The Morgan fingerprint density at radius 3 is 2.44 bits per heavy atom. The highest BCUT2D eigenvalue weighted by Crippen LogP contribution is 2.28. The Morgan fingerprint density at radius 2 is 1.66 bits per heavy atom. The summed E-state index contributed by atoms with van der Waals surface area (Å²) in [5, 5.41) is 3.38. The number of benzene rings is 3. The van der Waals surface area contributed by atoms with Gasteiger partial charge in [0, 0.05) is 24.4 Å². The first kappa shape index (κ1) is 22.6. The number of pyridine rings is 1. The summed E-state index contributed by atoms with van der Waals surface area (Å²) < 4.78 is 7.83. The van der Waals surface area contributed by atoms with E-state index in [4.69, 9.17) is 4.74 Å². The molecule has 160 valence electrons. The number of esters is 1. The quantitative estimate of drug-likeness (QED) is 0.245. The number of hydrogen-bond donors (Lipinski definition) is 1. The van der Waals surface area contributed by atoms with E-state index in [1.807, 2.05) is 54.6 Å². The Kier molecular flexibility index (Phi) is 7.03. The lowest BCUT2D eigenvalue weighted by Gasteiger charge is -2.11. The zero-order chi connectivity index (χ0) is 22.7. The number of amides is 1. The number of nitrogens with one attached hydrogen (secondary N) is 1. The summed E-state index contributed by atoms with van der Waals surface area (Å²) in [6.07, 6.45) is 0. The zero-order valence-corrected chi connectivity index (χ0v) is 21.2. The van der Waals surface area contributed by atoms with Crippen LogP contribution in [0.5, 0.6) is 0 Å². The van der Waals surface area contributed by atoms with Gasteiger partial charge < -0.3 is 10.1 Å². The topological polar surface area (TPSA) is 68.3 Å². The molecule has 0 spiro atoms. The number of halogens is 3. The third-order valence-corrected chi connectivity index (χ3v) is 6.24. The molecule has 1 amide bonds. The minimum atomic E-state index is -0.593. The van der Waals surface area contributed by atoms with E-state index in [1.54, 1.807) is 18.2 Å². The smallest absolute Gasteiger partial charge is 0.339 e. The van der Waals surface area contributed by atoms with E-state index in [1.165, 1.54) is 0 Å². The molecule has 3 aromatic carbocycles. The maximum Gasteiger partial charge on any atom is 0.339 e. The summed E-state index contributed by atoms with van der Waals surface area (Å²) >= 11 is 10.2. The molecule has 1 N–H and O–H groups in total. The van der Waals surface area contributed by atoms with Gasteiger partial charge in [-0.2, -0.15) is 0 Å². The van der Waals surface area contributed by atoms with Gasteiger partial charge in [-0.15, -0.1) is 0 Å². The summed E-state index contributed by atoms with van der Waals surface area (Å²) in [7, 11) is 0. The summed E-state index contributed by atoms with van der Waals surface area (Å²) in [5.74, 6) is -1.03. The van der Waals surface area contributed by atoms with Crippen molar-refractivity contribution in [3.63, 3.8) is 0 Å².